The first-order chi connectivity index (χ1) is 30.5. The molecule has 7 N–H and O–H groups in total. The van der Waals surface area contributed by atoms with Gasteiger partial charge in [0.25, 0.3) is 0 Å². The molecule has 0 aromatic carbocycles. The highest BCUT2D eigenvalue weighted by molar-refractivity contribution is 5.98. The molecule has 0 heterocycles. The van der Waals surface area contributed by atoms with Crippen molar-refractivity contribution in [2.45, 2.75) is 84.5 Å². The first-order valence-electron chi connectivity index (χ1n) is 22.2. The van der Waals surface area contributed by atoms with Gasteiger partial charge in [-0.25, -0.2) is 0 Å². The van der Waals surface area contributed by atoms with Gasteiger partial charge < -0.3 is 69.8 Å². The fourth-order valence-corrected chi connectivity index (χ4v) is 5.35. The lowest BCUT2D eigenvalue weighted by Crippen LogP contribution is -2.26. The summed E-state index contributed by atoms with van der Waals surface area (Å²) in [6, 6.07) is 0. The summed E-state index contributed by atoms with van der Waals surface area (Å²) in [4.78, 5) is 69.9. The van der Waals surface area contributed by atoms with Gasteiger partial charge in [0.1, 0.15) is 11.6 Å². The molecule has 20 nitrogen and oxygen atoms in total. The van der Waals surface area contributed by atoms with E-state index in [-0.39, 0.29) is 79.5 Å². The highest BCUT2D eigenvalue weighted by Crippen LogP contribution is 2.14. The fraction of sp³-hybridized carbons (Fsp3) is 0.814. The number of amides is 4. The number of Topliss-reactive ketones (excluding diaryl/α,β-unsaturated/α-hetero) is 2. The van der Waals surface area contributed by atoms with Crippen molar-refractivity contribution in [1.29, 1.82) is 0 Å². The normalized spacial score (nSPS) is 12.5. The number of hydrogen-bond donors (Lipinski definition) is 5. The second-order valence-corrected chi connectivity index (χ2v) is 14.6. The van der Waals surface area contributed by atoms with Crippen molar-refractivity contribution in [3.8, 4) is 0 Å². The lowest BCUT2D eigenvalue weighted by Gasteiger charge is -2.11. The molecule has 0 radical (unpaired) electrons. The average Bonchev–Trinajstić information content (AvgIpc) is 3.26. The molecule has 0 rings (SSSR count). The molecule has 63 heavy (non-hydrogen) atoms. The Morgan fingerprint density at radius 3 is 1.08 bits per heavy atom. The standard InChI is InChI=1S/C43H78N4O16/c1-35(38(49)9-10-40(44)51)7-3-5-13-46-41(52)11-15-55-17-19-57-21-23-59-25-27-61-29-31-63-32-30-62-28-26-60-24-22-58-20-18-56-16-12-42(53)47-14-6-4-8-36(2)39(50)33-37(34-48)43(45)54/h34-36,48H,3-33H2,1-2H3,(H2,44,51)(H2,45,54)(H,46,52)(H,47,53)/b37-34-. The smallest absolute Gasteiger partial charge is 0.248 e. The number of ether oxygens (including phenoxy) is 9. The molecule has 0 aromatic heterocycles. The number of ketones is 2. The molecule has 2 unspecified atom stereocenters. The number of rotatable bonds is 48. The van der Waals surface area contributed by atoms with E-state index in [2.05, 4.69) is 10.6 Å². The van der Waals surface area contributed by atoms with Crippen molar-refractivity contribution in [3.63, 3.8) is 0 Å². The van der Waals surface area contributed by atoms with Crippen LogP contribution in [0.1, 0.15) is 84.5 Å². The van der Waals surface area contributed by atoms with Crippen molar-refractivity contribution in [2.75, 3.05) is 132 Å². The van der Waals surface area contributed by atoms with Gasteiger partial charge in [-0.3, -0.25) is 28.8 Å². The van der Waals surface area contributed by atoms with Crippen molar-refractivity contribution in [2.24, 2.45) is 23.3 Å². The largest absolute Gasteiger partial charge is 0.515 e. The van der Waals surface area contributed by atoms with Crippen LogP contribution in [0.5, 0.6) is 0 Å². The Bertz CT molecular complexity index is 1240. The van der Waals surface area contributed by atoms with Gasteiger partial charge >= 0.3 is 0 Å². The van der Waals surface area contributed by atoms with E-state index in [1.807, 2.05) is 6.92 Å². The summed E-state index contributed by atoms with van der Waals surface area (Å²) in [7, 11) is 0. The van der Waals surface area contributed by atoms with Gasteiger partial charge in [0.15, 0.2) is 0 Å². The van der Waals surface area contributed by atoms with E-state index in [0.29, 0.717) is 151 Å². The predicted molar refractivity (Wildman–Crippen MR) is 232 cm³/mol. The molecular formula is C43H78N4O16. The number of carbonyl (C=O) groups excluding carboxylic acids is 6. The van der Waals surface area contributed by atoms with Crippen molar-refractivity contribution < 1.29 is 76.5 Å². The molecule has 20 heteroatoms. The molecule has 2 atom stereocenters. The Balaban J connectivity index is 3.32. The maximum Gasteiger partial charge on any atom is 0.248 e. The van der Waals surface area contributed by atoms with Gasteiger partial charge in [0, 0.05) is 57.0 Å². The highest BCUT2D eigenvalue weighted by atomic mass is 16.6. The lowest BCUT2D eigenvalue weighted by atomic mass is 9.95. The minimum Gasteiger partial charge on any atom is -0.515 e. The topological polar surface area (TPSA) is 282 Å². The third-order valence-corrected chi connectivity index (χ3v) is 9.25. The zero-order valence-corrected chi connectivity index (χ0v) is 37.9. The van der Waals surface area contributed by atoms with Crippen molar-refractivity contribution in [1.82, 2.24) is 10.6 Å². The van der Waals surface area contributed by atoms with Crippen LogP contribution < -0.4 is 22.1 Å². The van der Waals surface area contributed by atoms with E-state index in [4.69, 9.17) is 59.2 Å². The Kier molecular flexibility index (Phi) is 41.1. The second-order valence-electron chi connectivity index (χ2n) is 14.6. The first kappa shape index (κ1) is 59.4. The molecule has 0 saturated carbocycles. The van der Waals surface area contributed by atoms with E-state index in [9.17, 15) is 28.8 Å². The molecule has 0 bridgehead atoms. The summed E-state index contributed by atoms with van der Waals surface area (Å²) in [5, 5.41) is 14.7. The van der Waals surface area contributed by atoms with Crippen molar-refractivity contribution in [3.05, 3.63) is 11.8 Å². The van der Waals surface area contributed by atoms with E-state index in [1.54, 1.807) is 6.92 Å². The molecule has 366 valence electrons. The van der Waals surface area contributed by atoms with Crippen molar-refractivity contribution >= 4 is 35.2 Å². The maximum atomic E-state index is 12.1. The van der Waals surface area contributed by atoms with Crippen LogP contribution in [-0.2, 0) is 71.4 Å². The van der Waals surface area contributed by atoms with Gasteiger partial charge in [0.05, 0.1) is 131 Å². The first-order valence-corrected chi connectivity index (χ1v) is 22.2. The van der Waals surface area contributed by atoms with Crippen LogP contribution >= 0.6 is 0 Å². The molecule has 0 saturated heterocycles. The van der Waals surface area contributed by atoms with Crippen LogP contribution in [0.3, 0.4) is 0 Å². The number of aliphatic hydroxyl groups excluding tert-OH is 1. The van der Waals surface area contributed by atoms with Crippen LogP contribution in [0, 0.1) is 11.8 Å². The molecule has 0 fully saturated rings. The summed E-state index contributed by atoms with van der Waals surface area (Å²) in [6.45, 7) is 12.0. The number of aliphatic hydroxyl groups is 1. The predicted octanol–water partition coefficient (Wildman–Crippen LogP) is 1.48. The molecule has 0 spiro atoms. The monoisotopic (exact) mass is 907 g/mol. The molecule has 0 aromatic rings. The maximum absolute atomic E-state index is 12.1. The van der Waals surface area contributed by atoms with E-state index < -0.39 is 11.8 Å². The minimum absolute atomic E-state index is 0.0431. The van der Waals surface area contributed by atoms with E-state index >= 15 is 0 Å². The number of nitrogens with two attached hydrogens (primary N) is 2. The Morgan fingerprint density at radius 1 is 0.460 bits per heavy atom. The van der Waals surface area contributed by atoms with E-state index in [1.165, 1.54) is 0 Å². The molecular weight excluding hydrogens is 828 g/mol. The molecule has 0 aliphatic heterocycles. The second kappa shape index (κ2) is 43.6. The number of hydrogen-bond acceptors (Lipinski definition) is 16. The van der Waals surface area contributed by atoms with Gasteiger partial charge in [-0.05, 0) is 25.7 Å². The average molecular weight is 907 g/mol. The number of nitrogens with one attached hydrogen (secondary N) is 2. The Hall–Kier alpha value is -3.60. The van der Waals surface area contributed by atoms with Crippen LogP contribution in [0.2, 0.25) is 0 Å². The minimum atomic E-state index is -0.815. The van der Waals surface area contributed by atoms with E-state index in [0.717, 1.165) is 19.3 Å². The summed E-state index contributed by atoms with van der Waals surface area (Å²) in [6.07, 6.45) is 5.51. The summed E-state index contributed by atoms with van der Waals surface area (Å²) in [5.74, 6) is -2.00. The summed E-state index contributed by atoms with van der Waals surface area (Å²) < 4.78 is 49.2. The number of unbranched alkanes of at least 4 members (excludes halogenated alkanes) is 2. The molecule has 0 aliphatic carbocycles. The highest BCUT2D eigenvalue weighted by Gasteiger charge is 2.17. The Labute approximate surface area is 373 Å². The lowest BCUT2D eigenvalue weighted by molar-refractivity contribution is -0.126. The molecule has 0 aliphatic rings. The van der Waals surface area contributed by atoms with Gasteiger partial charge in [-0.2, -0.15) is 0 Å². The van der Waals surface area contributed by atoms with Crippen LogP contribution in [0.4, 0.5) is 0 Å². The van der Waals surface area contributed by atoms with Crippen LogP contribution in [-0.4, -0.2) is 172 Å². The van der Waals surface area contributed by atoms with Gasteiger partial charge in [-0.1, -0.05) is 26.7 Å². The van der Waals surface area contributed by atoms with Crippen LogP contribution in [0.15, 0.2) is 11.8 Å². The number of primary amides is 2. The quantitative estimate of drug-likeness (QED) is 0.0328. The summed E-state index contributed by atoms with van der Waals surface area (Å²) in [5.41, 5.74) is 10.1. The third kappa shape index (κ3) is 40.9. The molecule has 4 amide bonds. The number of carbonyl (C=O) groups is 6. The fourth-order valence-electron chi connectivity index (χ4n) is 5.35. The van der Waals surface area contributed by atoms with Crippen LogP contribution in [0.25, 0.3) is 0 Å². The zero-order chi connectivity index (χ0) is 46.6. The van der Waals surface area contributed by atoms with Gasteiger partial charge in [0.2, 0.25) is 23.6 Å². The SMILES string of the molecule is CC(CCCCNC(=O)CCOCCOCCOCCOCCOCCOCCOCCOCCOCCC(=O)NCCCCC(C)C(=O)C/C(=C/O)C(N)=O)C(=O)CCC(N)=O. The Morgan fingerprint density at radius 2 is 0.778 bits per heavy atom. The summed E-state index contributed by atoms with van der Waals surface area (Å²) >= 11 is 0. The third-order valence-electron chi connectivity index (χ3n) is 9.25. The van der Waals surface area contributed by atoms with Gasteiger partial charge in [-0.15, -0.1) is 0 Å². The zero-order valence-electron chi connectivity index (χ0n) is 37.9.